The van der Waals surface area contributed by atoms with E-state index in [2.05, 4.69) is 5.32 Å². The lowest BCUT2D eigenvalue weighted by atomic mass is 9.90. The van der Waals surface area contributed by atoms with Gasteiger partial charge in [0, 0.05) is 24.5 Å². The number of rotatable bonds is 3. The molecule has 0 bridgehead atoms. The van der Waals surface area contributed by atoms with E-state index in [1.54, 1.807) is 29.4 Å². The molecule has 0 aromatic carbocycles. The maximum atomic E-state index is 12.2. The van der Waals surface area contributed by atoms with E-state index in [0.29, 0.717) is 26.2 Å². The molecule has 23 heavy (non-hydrogen) atoms. The average Bonchev–Trinajstić information content (AvgIpc) is 3.02. The number of hydrogen-bond donors (Lipinski definition) is 1. The van der Waals surface area contributed by atoms with Crippen molar-refractivity contribution < 1.29 is 14.3 Å². The molecule has 2 amide bonds. The fourth-order valence-corrected chi connectivity index (χ4v) is 3.70. The summed E-state index contributed by atoms with van der Waals surface area (Å²) in [6.45, 7) is 2.17. The quantitative estimate of drug-likeness (QED) is 0.813. The highest BCUT2D eigenvalue weighted by Gasteiger charge is 2.50. The van der Waals surface area contributed by atoms with Crippen LogP contribution in [0.1, 0.15) is 4.88 Å². The van der Waals surface area contributed by atoms with E-state index < -0.39 is 0 Å². The van der Waals surface area contributed by atoms with Gasteiger partial charge in [-0.05, 0) is 24.6 Å². The number of nitrogens with one attached hydrogen (secondary N) is 1. The van der Waals surface area contributed by atoms with Crippen LogP contribution in [-0.2, 0) is 14.3 Å². The molecule has 2 saturated heterocycles. The van der Waals surface area contributed by atoms with Gasteiger partial charge in [0.2, 0.25) is 11.8 Å². The van der Waals surface area contributed by atoms with Crippen molar-refractivity contribution in [2.75, 3.05) is 40.3 Å². The Hall–Kier alpha value is -1.70. The summed E-state index contributed by atoms with van der Waals surface area (Å²) in [7, 11) is 3.55. The van der Waals surface area contributed by atoms with Crippen molar-refractivity contribution in [2.45, 2.75) is 11.6 Å². The maximum absolute atomic E-state index is 12.2. The van der Waals surface area contributed by atoms with Crippen molar-refractivity contribution in [3.05, 3.63) is 28.5 Å². The van der Waals surface area contributed by atoms with Crippen LogP contribution in [0.4, 0.5) is 0 Å². The van der Waals surface area contributed by atoms with Gasteiger partial charge in [0.05, 0.1) is 19.7 Å². The molecule has 1 atom stereocenters. The van der Waals surface area contributed by atoms with Gasteiger partial charge >= 0.3 is 0 Å². The van der Waals surface area contributed by atoms with Gasteiger partial charge in [0.25, 0.3) is 0 Å². The zero-order valence-corrected chi connectivity index (χ0v) is 14.1. The molecule has 1 N–H and O–H groups in total. The molecule has 7 heteroatoms. The minimum atomic E-state index is -0.328. The lowest BCUT2D eigenvalue weighted by molar-refractivity contribution is -0.198. The minimum absolute atomic E-state index is 0.00343. The number of hydrogen-bond acceptors (Lipinski definition) is 5. The number of carbonyl (C=O) groups is 2. The first-order chi connectivity index (χ1) is 11.0. The molecule has 6 nitrogen and oxygen atoms in total. The normalized spacial score (nSPS) is 23.9. The zero-order chi connectivity index (χ0) is 16.4. The van der Waals surface area contributed by atoms with Crippen LogP contribution in [0, 0.1) is 0 Å². The van der Waals surface area contributed by atoms with E-state index in [4.69, 9.17) is 4.74 Å². The summed E-state index contributed by atoms with van der Waals surface area (Å²) in [5, 5.41) is 4.64. The van der Waals surface area contributed by atoms with Crippen molar-refractivity contribution >= 4 is 29.2 Å². The molecule has 0 aliphatic carbocycles. The molecule has 124 valence electrons. The summed E-state index contributed by atoms with van der Waals surface area (Å²) in [5.74, 6) is -0.0304. The summed E-state index contributed by atoms with van der Waals surface area (Å²) in [6.07, 6.45) is 3.45. The number of thiophene rings is 1. The van der Waals surface area contributed by atoms with Gasteiger partial charge in [-0.3, -0.25) is 14.5 Å². The molecule has 1 spiro atoms. The van der Waals surface area contributed by atoms with E-state index in [1.165, 1.54) is 0 Å². The lowest BCUT2D eigenvalue weighted by Crippen LogP contribution is -2.73. The second-order valence-electron chi connectivity index (χ2n) is 6.08. The summed E-state index contributed by atoms with van der Waals surface area (Å²) >= 11 is 1.60. The summed E-state index contributed by atoms with van der Waals surface area (Å²) < 4.78 is 5.92. The van der Waals surface area contributed by atoms with Gasteiger partial charge in [-0.15, -0.1) is 11.3 Å². The summed E-state index contributed by atoms with van der Waals surface area (Å²) in [5.41, 5.74) is -0.328. The first kappa shape index (κ1) is 16.2. The smallest absolute Gasteiger partial charge is 0.246 e. The standard InChI is InChI=1S/C16H21N3O3S/c1-17-15(21)13-8-22-16(9-18(13)2)10-19(11-16)14(20)6-5-12-4-3-7-23-12/h3-7,13H,8-11H2,1-2H3,(H,17,21)/b6-5+/t13-/m1/s1. The van der Waals surface area contributed by atoms with Gasteiger partial charge in [0.15, 0.2) is 0 Å². The topological polar surface area (TPSA) is 61.9 Å². The van der Waals surface area contributed by atoms with E-state index in [0.717, 1.165) is 4.88 Å². The first-order valence-corrected chi connectivity index (χ1v) is 8.47. The molecule has 1 aromatic rings. The third-order valence-electron chi connectivity index (χ3n) is 4.37. The Morgan fingerprint density at radius 2 is 2.22 bits per heavy atom. The third kappa shape index (κ3) is 3.31. The SMILES string of the molecule is CNC(=O)[C@H]1COC2(CN(C(=O)/C=C/c3cccs3)C2)CN1C. The minimum Gasteiger partial charge on any atom is -0.368 e. The molecule has 3 heterocycles. The van der Waals surface area contributed by atoms with E-state index in [-0.39, 0.29) is 23.5 Å². The molecule has 2 aliphatic rings. The molecule has 2 aliphatic heterocycles. The maximum Gasteiger partial charge on any atom is 0.246 e. The largest absolute Gasteiger partial charge is 0.368 e. The van der Waals surface area contributed by atoms with Gasteiger partial charge < -0.3 is 15.0 Å². The van der Waals surface area contributed by atoms with Crippen molar-refractivity contribution in [3.8, 4) is 0 Å². The molecule has 3 rings (SSSR count). The second-order valence-corrected chi connectivity index (χ2v) is 7.06. The van der Waals surface area contributed by atoms with Crippen LogP contribution < -0.4 is 5.32 Å². The van der Waals surface area contributed by atoms with Gasteiger partial charge in [-0.1, -0.05) is 6.07 Å². The highest BCUT2D eigenvalue weighted by molar-refractivity contribution is 7.10. The van der Waals surface area contributed by atoms with Crippen LogP contribution in [0.3, 0.4) is 0 Å². The fraction of sp³-hybridized carbons (Fsp3) is 0.500. The highest BCUT2D eigenvalue weighted by atomic mass is 32.1. The number of nitrogens with zero attached hydrogens (tertiary/aromatic N) is 2. The van der Waals surface area contributed by atoms with Crippen molar-refractivity contribution in [2.24, 2.45) is 0 Å². The lowest BCUT2D eigenvalue weighted by Gasteiger charge is -2.54. The number of ether oxygens (including phenoxy) is 1. The van der Waals surface area contributed by atoms with E-state index in [1.807, 2.05) is 35.5 Å². The molecule has 2 fully saturated rings. The van der Waals surface area contributed by atoms with Crippen molar-refractivity contribution in [1.82, 2.24) is 15.1 Å². The van der Waals surface area contributed by atoms with Crippen LogP contribution in [0.15, 0.2) is 23.6 Å². The van der Waals surface area contributed by atoms with Gasteiger partial charge in [0.1, 0.15) is 11.6 Å². The Labute approximate surface area is 139 Å². The Bertz CT molecular complexity index is 608. The van der Waals surface area contributed by atoms with Crippen LogP contribution >= 0.6 is 11.3 Å². The Morgan fingerprint density at radius 3 is 2.83 bits per heavy atom. The molecular weight excluding hydrogens is 314 g/mol. The average molecular weight is 335 g/mol. The van der Waals surface area contributed by atoms with E-state index in [9.17, 15) is 9.59 Å². The Morgan fingerprint density at radius 1 is 1.43 bits per heavy atom. The van der Waals surface area contributed by atoms with Crippen LogP contribution in [0.5, 0.6) is 0 Å². The zero-order valence-electron chi connectivity index (χ0n) is 13.3. The van der Waals surface area contributed by atoms with Crippen LogP contribution in [0.2, 0.25) is 0 Å². The predicted molar refractivity (Wildman–Crippen MR) is 89.1 cm³/mol. The summed E-state index contributed by atoms with van der Waals surface area (Å²) in [6, 6.07) is 3.68. The number of morpholine rings is 1. The fourth-order valence-electron chi connectivity index (χ4n) is 3.08. The number of likely N-dealkylation sites (N-methyl/N-ethyl adjacent to an activating group) is 2. The number of carbonyl (C=O) groups excluding carboxylic acids is 2. The van der Waals surface area contributed by atoms with Gasteiger partial charge in [-0.2, -0.15) is 0 Å². The second kappa shape index (κ2) is 6.43. The van der Waals surface area contributed by atoms with Gasteiger partial charge in [-0.25, -0.2) is 0 Å². The Kier molecular flexibility index (Phi) is 4.52. The monoisotopic (exact) mass is 335 g/mol. The van der Waals surface area contributed by atoms with Crippen molar-refractivity contribution in [1.29, 1.82) is 0 Å². The number of amides is 2. The highest BCUT2D eigenvalue weighted by Crippen LogP contribution is 2.30. The number of likely N-dealkylation sites (tertiary alicyclic amines) is 1. The molecule has 0 saturated carbocycles. The Balaban J connectivity index is 1.52. The predicted octanol–water partition coefficient (Wildman–Crippen LogP) is 0.419. The third-order valence-corrected chi connectivity index (χ3v) is 5.21. The van der Waals surface area contributed by atoms with Crippen LogP contribution in [-0.4, -0.2) is 73.6 Å². The van der Waals surface area contributed by atoms with Crippen LogP contribution in [0.25, 0.3) is 6.08 Å². The molecule has 1 aromatic heterocycles. The summed E-state index contributed by atoms with van der Waals surface area (Å²) in [4.78, 5) is 28.8. The molecule has 0 radical (unpaired) electrons. The van der Waals surface area contributed by atoms with E-state index >= 15 is 0 Å². The molecular formula is C16H21N3O3S. The van der Waals surface area contributed by atoms with Crippen molar-refractivity contribution in [3.63, 3.8) is 0 Å². The first-order valence-electron chi connectivity index (χ1n) is 7.59. The molecule has 0 unspecified atom stereocenters.